The molecule has 2 heterocycles. The molecule has 0 unspecified atom stereocenters. The van der Waals surface area contributed by atoms with Crippen LogP contribution in [0.2, 0.25) is 0 Å². The average Bonchev–Trinajstić information content (AvgIpc) is 3.54. The van der Waals surface area contributed by atoms with Crippen molar-refractivity contribution in [3.63, 3.8) is 0 Å². The number of anilines is 5. The summed E-state index contributed by atoms with van der Waals surface area (Å²) in [5, 5.41) is 8.28. The van der Waals surface area contributed by atoms with Gasteiger partial charge in [-0.1, -0.05) is 101 Å². The van der Waals surface area contributed by atoms with Gasteiger partial charge in [0.1, 0.15) is 6.54 Å². The van der Waals surface area contributed by atoms with Crippen LogP contribution in [-0.2, 0) is 10.8 Å². The van der Waals surface area contributed by atoms with Gasteiger partial charge < -0.3 is 15.5 Å². The zero-order valence-corrected chi connectivity index (χ0v) is 36.3. The fourth-order valence-electron chi connectivity index (χ4n) is 8.93. The molecule has 0 radical (unpaired) electrons. The third-order valence-electron chi connectivity index (χ3n) is 12.4. The van der Waals surface area contributed by atoms with Gasteiger partial charge in [0.25, 0.3) is 0 Å². The van der Waals surface area contributed by atoms with Crippen LogP contribution in [0.15, 0.2) is 131 Å². The Bertz CT molecular complexity index is 2300. The second-order valence-corrected chi connectivity index (χ2v) is 17.6. The van der Waals surface area contributed by atoms with Crippen molar-refractivity contribution in [1.82, 2.24) is 0 Å². The highest BCUT2D eigenvalue weighted by Crippen LogP contribution is 2.49. The minimum Gasteiger partial charge on any atom is -0.355 e. The van der Waals surface area contributed by atoms with Gasteiger partial charge in [0.15, 0.2) is 5.71 Å². The molecule has 7 rings (SSSR count). The van der Waals surface area contributed by atoms with Gasteiger partial charge >= 0.3 is 0 Å². The second kappa shape index (κ2) is 17.0. The van der Waals surface area contributed by atoms with Crippen LogP contribution in [0.25, 0.3) is 0 Å². The summed E-state index contributed by atoms with van der Waals surface area (Å²) < 4.78 is 2.55. The lowest BCUT2D eigenvalue weighted by atomic mass is 9.81. The number of benzene rings is 4. The maximum atomic E-state index is 7.38. The number of rotatable bonds is 13. The summed E-state index contributed by atoms with van der Waals surface area (Å²) in [7, 11) is 0. The van der Waals surface area contributed by atoms with Gasteiger partial charge in [0.2, 0.25) is 5.69 Å². The number of unbranched alkanes of at least 4 members (excludes halogenated alkanes) is 2. The molecule has 2 N–H and O–H groups in total. The third-order valence-corrected chi connectivity index (χ3v) is 12.9. The lowest BCUT2D eigenvalue weighted by Gasteiger charge is -2.27. The van der Waals surface area contributed by atoms with Gasteiger partial charge in [-0.25, -0.2) is 0 Å². The van der Waals surface area contributed by atoms with E-state index < -0.39 is 0 Å². The number of allylic oxidation sites excluding steroid dienone is 8. The minimum atomic E-state index is -0.159. The van der Waals surface area contributed by atoms with E-state index in [0.717, 1.165) is 85.8 Å². The lowest BCUT2D eigenvalue weighted by molar-refractivity contribution is -0.438. The van der Waals surface area contributed by atoms with E-state index in [1.54, 1.807) is 0 Å². The van der Waals surface area contributed by atoms with Crippen molar-refractivity contribution >= 4 is 51.4 Å². The molecule has 4 aromatic carbocycles. The summed E-state index contributed by atoms with van der Waals surface area (Å²) in [6.45, 7) is 20.3. The summed E-state index contributed by atoms with van der Waals surface area (Å²) in [6, 6.07) is 30.8. The summed E-state index contributed by atoms with van der Waals surface area (Å²) >= 11 is 7.38. The van der Waals surface area contributed by atoms with Gasteiger partial charge in [-0.15, -0.1) is 0 Å². The van der Waals surface area contributed by atoms with Crippen molar-refractivity contribution in [2.24, 2.45) is 0 Å². The number of halogens is 1. The van der Waals surface area contributed by atoms with Gasteiger partial charge in [0, 0.05) is 75.3 Å². The number of hydrogen-bond acceptors (Lipinski definition) is 3. The fourth-order valence-corrected chi connectivity index (χ4v) is 9.24. The molecule has 4 aromatic rings. The Morgan fingerprint density at radius 2 is 1.35 bits per heavy atom. The van der Waals surface area contributed by atoms with Crippen LogP contribution >= 0.6 is 11.6 Å². The Labute approximate surface area is 347 Å². The van der Waals surface area contributed by atoms with Crippen molar-refractivity contribution in [3.8, 4) is 0 Å². The first kappa shape index (κ1) is 40.4. The van der Waals surface area contributed by atoms with Gasteiger partial charge in [-0.2, -0.15) is 4.58 Å². The quantitative estimate of drug-likeness (QED) is 0.133. The molecule has 2 aliphatic heterocycles. The van der Waals surface area contributed by atoms with Crippen LogP contribution in [0.5, 0.6) is 0 Å². The Balaban J connectivity index is 1.18. The fraction of sp³-hybridized carbons (Fsp3) is 0.365. The van der Waals surface area contributed by atoms with Crippen molar-refractivity contribution in [1.29, 1.82) is 0 Å². The molecule has 3 aliphatic rings. The van der Waals surface area contributed by atoms with Crippen LogP contribution < -0.4 is 15.5 Å². The zero-order chi connectivity index (χ0) is 40.3. The maximum absolute atomic E-state index is 7.38. The predicted molar refractivity (Wildman–Crippen MR) is 247 cm³/mol. The van der Waals surface area contributed by atoms with Gasteiger partial charge in [0.05, 0.1) is 5.41 Å². The second-order valence-electron chi connectivity index (χ2n) is 17.3. The van der Waals surface area contributed by atoms with Crippen molar-refractivity contribution in [3.05, 3.63) is 153 Å². The largest absolute Gasteiger partial charge is 0.355 e. The predicted octanol–water partition coefficient (Wildman–Crippen LogP) is 14.6. The highest BCUT2D eigenvalue weighted by Gasteiger charge is 2.44. The molecule has 0 bridgehead atoms. The summed E-state index contributed by atoms with van der Waals surface area (Å²) in [5.41, 5.74) is 17.2. The Morgan fingerprint density at radius 3 is 2.00 bits per heavy atom. The van der Waals surface area contributed by atoms with Crippen molar-refractivity contribution < 1.29 is 4.58 Å². The standard InChI is InChI=1S/C52H62ClN4/c1-9-11-32-56-46-28-26-40(54-44-22-15-13-18-36(44)3)34-42(46)51(5,6)48(56)30-24-38-20-17-21-39(50(38)53)25-31-49-52(7,8)43-35-41(55-45-23-16-14-19-37(45)4)27-29-47(43)57(49)33-12-10-2/h13-16,18-19,22-31,34-35,54-55H,9-12,17,20-21,32-33H2,1-8H3/q+1. The molecular weight excluding hydrogens is 716 g/mol. The molecule has 0 amide bonds. The number of para-hydroxylation sites is 2. The number of hydrogen-bond donors (Lipinski definition) is 2. The van der Waals surface area contributed by atoms with E-state index in [1.165, 1.54) is 56.2 Å². The molecule has 5 heteroatoms. The van der Waals surface area contributed by atoms with E-state index in [4.69, 9.17) is 11.6 Å². The van der Waals surface area contributed by atoms with Crippen LogP contribution in [0.3, 0.4) is 0 Å². The zero-order valence-electron chi connectivity index (χ0n) is 35.5. The van der Waals surface area contributed by atoms with E-state index in [0.29, 0.717) is 0 Å². The van der Waals surface area contributed by atoms with Gasteiger partial charge in [-0.05, 0) is 130 Å². The number of nitrogens with zero attached hydrogens (tertiary/aromatic N) is 2. The van der Waals surface area contributed by atoms with E-state index >= 15 is 0 Å². The molecule has 0 saturated carbocycles. The topological polar surface area (TPSA) is 30.3 Å². The van der Waals surface area contributed by atoms with E-state index in [-0.39, 0.29) is 10.8 Å². The molecular formula is C52H62ClN4+. The normalized spacial score (nSPS) is 18.6. The van der Waals surface area contributed by atoms with Crippen molar-refractivity contribution in [2.75, 3.05) is 28.6 Å². The van der Waals surface area contributed by atoms with Crippen LogP contribution in [0, 0.1) is 13.8 Å². The van der Waals surface area contributed by atoms with E-state index in [1.807, 2.05) is 0 Å². The van der Waals surface area contributed by atoms with E-state index in [2.05, 4.69) is 185 Å². The monoisotopic (exact) mass is 777 g/mol. The first-order valence-corrected chi connectivity index (χ1v) is 21.7. The molecule has 0 fully saturated rings. The van der Waals surface area contributed by atoms with Crippen LogP contribution in [0.4, 0.5) is 34.1 Å². The number of aryl methyl sites for hydroxylation is 2. The van der Waals surface area contributed by atoms with E-state index in [9.17, 15) is 0 Å². The van der Waals surface area contributed by atoms with Crippen LogP contribution in [0.1, 0.15) is 109 Å². The number of fused-ring (bicyclic) bond motifs is 2. The minimum absolute atomic E-state index is 0.159. The van der Waals surface area contributed by atoms with Crippen LogP contribution in [-0.4, -0.2) is 23.4 Å². The molecule has 0 aromatic heterocycles. The first-order valence-electron chi connectivity index (χ1n) is 21.3. The highest BCUT2D eigenvalue weighted by atomic mass is 35.5. The summed E-state index contributed by atoms with van der Waals surface area (Å²) in [4.78, 5) is 2.55. The Morgan fingerprint density at radius 1 is 0.719 bits per heavy atom. The van der Waals surface area contributed by atoms with Crippen molar-refractivity contribution in [2.45, 2.75) is 111 Å². The molecule has 0 saturated heterocycles. The Hall–Kier alpha value is -4.80. The molecule has 1 aliphatic carbocycles. The molecule has 296 valence electrons. The lowest BCUT2D eigenvalue weighted by Crippen LogP contribution is -2.28. The molecule has 0 spiro atoms. The van der Waals surface area contributed by atoms with Gasteiger partial charge in [-0.3, -0.25) is 0 Å². The average molecular weight is 779 g/mol. The summed E-state index contributed by atoms with van der Waals surface area (Å²) in [5.74, 6) is 0. The highest BCUT2D eigenvalue weighted by molar-refractivity contribution is 6.32. The maximum Gasteiger partial charge on any atom is 0.209 e. The SMILES string of the molecule is CCCCN1/C(=C\C=C2/CCCC(/C=C/C3=[N+](CCCC)c4ccc(Nc5ccccc5C)cc4C3(C)C)=C2Cl)C(C)(C)c2cc(Nc3ccccc3C)ccc21. The summed E-state index contributed by atoms with van der Waals surface area (Å²) in [6.07, 6.45) is 17.0. The molecule has 0 atom stereocenters. The molecule has 57 heavy (non-hydrogen) atoms. The first-order chi connectivity index (χ1) is 27.4. The third kappa shape index (κ3) is 8.17. The molecule has 4 nitrogen and oxygen atoms in total. The smallest absolute Gasteiger partial charge is 0.209 e. The Kier molecular flexibility index (Phi) is 12.0. The number of nitrogens with one attached hydrogen (secondary N) is 2.